The lowest BCUT2D eigenvalue weighted by Gasteiger charge is -2.16. The number of hydrogen-bond donors (Lipinski definition) is 2. The first-order valence-corrected chi connectivity index (χ1v) is 9.34. The molecule has 0 bridgehead atoms. The number of ketones is 1. The van der Waals surface area contributed by atoms with Crippen LogP contribution in [0.25, 0.3) is 0 Å². The quantitative estimate of drug-likeness (QED) is 0.251. The van der Waals surface area contributed by atoms with Crippen molar-refractivity contribution < 1.29 is 14.3 Å². The van der Waals surface area contributed by atoms with Crippen LogP contribution >= 0.6 is 0 Å². The number of anilines is 1. The zero-order chi connectivity index (χ0) is 20.7. The number of carbonyl (C=O) groups is 2. The van der Waals surface area contributed by atoms with Crippen LogP contribution in [-0.4, -0.2) is 31.3 Å². The number of rotatable bonds is 7. The molecule has 3 rings (SSSR count). The maximum atomic E-state index is 11.6. The minimum Gasteiger partial charge on any atom is -0.489 e. The molecule has 1 amide bonds. The molecule has 1 saturated carbocycles. The molecule has 0 saturated heterocycles. The smallest absolute Gasteiger partial charge is 0.223 e. The number of nitrogens with one attached hydrogen (secondary N) is 1. The number of nitrogens with two attached hydrogens (primary N) is 1. The second-order valence-electron chi connectivity index (χ2n) is 6.99. The average Bonchev–Trinajstić information content (AvgIpc) is 3.52. The van der Waals surface area contributed by atoms with E-state index in [2.05, 4.69) is 24.4 Å². The van der Waals surface area contributed by atoms with Gasteiger partial charge in [-0.3, -0.25) is 14.6 Å². The van der Waals surface area contributed by atoms with E-state index in [9.17, 15) is 9.59 Å². The summed E-state index contributed by atoms with van der Waals surface area (Å²) >= 11 is 0. The molecule has 6 heteroatoms. The molecule has 6 nitrogen and oxygen atoms in total. The van der Waals surface area contributed by atoms with Gasteiger partial charge in [-0.1, -0.05) is 12.1 Å². The van der Waals surface area contributed by atoms with Gasteiger partial charge in [0, 0.05) is 30.9 Å². The largest absolute Gasteiger partial charge is 0.489 e. The molecule has 1 aliphatic carbocycles. The Balaban J connectivity index is 0.000000500. The topological polar surface area (TPSA) is 84.7 Å². The van der Waals surface area contributed by atoms with E-state index in [1.807, 2.05) is 31.3 Å². The van der Waals surface area contributed by atoms with E-state index in [-0.39, 0.29) is 5.78 Å². The highest BCUT2D eigenvalue weighted by molar-refractivity contribution is 5.94. The molecule has 0 aromatic heterocycles. The summed E-state index contributed by atoms with van der Waals surface area (Å²) < 4.78 is 6.13. The Morgan fingerprint density at radius 1 is 1.32 bits per heavy atom. The van der Waals surface area contributed by atoms with Crippen LogP contribution in [0.1, 0.15) is 52.7 Å². The third kappa shape index (κ3) is 5.82. The van der Waals surface area contributed by atoms with Crippen LogP contribution in [0.5, 0.6) is 5.75 Å². The summed E-state index contributed by atoms with van der Waals surface area (Å²) in [5.74, 6) is 6.31. The standard InChI is InChI=1S/C20H23NO2.C2H6N2O/c1-13-5-4-6-19(21-3)18(13)12-23-20-10-9-16(14(2)22)11-17(20)15-7-8-15;1-4(3)2-5/h4-6,9-11,15,21H,7-8,12H2,1-3H3;2H,3H2,1H3. The van der Waals surface area contributed by atoms with Crippen LogP contribution in [0.15, 0.2) is 36.4 Å². The maximum Gasteiger partial charge on any atom is 0.223 e. The van der Waals surface area contributed by atoms with E-state index in [0.29, 0.717) is 18.9 Å². The zero-order valence-corrected chi connectivity index (χ0v) is 17.0. The average molecular weight is 383 g/mol. The molecule has 0 heterocycles. The van der Waals surface area contributed by atoms with Crippen molar-refractivity contribution in [3.05, 3.63) is 58.7 Å². The molecule has 1 aliphatic rings. The summed E-state index contributed by atoms with van der Waals surface area (Å²) in [5.41, 5.74) is 5.43. The van der Waals surface area contributed by atoms with Gasteiger partial charge in [0.15, 0.2) is 5.78 Å². The number of nitrogens with zero attached hydrogens (tertiary/aromatic N) is 1. The van der Waals surface area contributed by atoms with E-state index in [4.69, 9.17) is 10.6 Å². The maximum absolute atomic E-state index is 11.6. The number of hydrogen-bond acceptors (Lipinski definition) is 5. The van der Waals surface area contributed by atoms with E-state index >= 15 is 0 Å². The van der Waals surface area contributed by atoms with Crippen LogP contribution in [-0.2, 0) is 11.4 Å². The fourth-order valence-electron chi connectivity index (χ4n) is 2.89. The molecule has 0 atom stereocenters. The predicted molar refractivity (Wildman–Crippen MR) is 111 cm³/mol. The van der Waals surface area contributed by atoms with Gasteiger partial charge in [-0.15, -0.1) is 0 Å². The molecule has 2 aromatic rings. The van der Waals surface area contributed by atoms with Crippen LogP contribution in [0, 0.1) is 6.92 Å². The highest BCUT2D eigenvalue weighted by Crippen LogP contribution is 2.45. The molecule has 0 unspecified atom stereocenters. The molecule has 2 aromatic carbocycles. The number of aryl methyl sites for hydroxylation is 1. The zero-order valence-electron chi connectivity index (χ0n) is 17.0. The van der Waals surface area contributed by atoms with E-state index in [1.54, 1.807) is 6.92 Å². The number of ether oxygens (including phenoxy) is 1. The monoisotopic (exact) mass is 383 g/mol. The fourth-order valence-corrected chi connectivity index (χ4v) is 2.89. The molecule has 150 valence electrons. The Labute approximate surface area is 166 Å². The number of amides is 1. The molecule has 0 aliphatic heterocycles. The second kappa shape index (κ2) is 9.90. The second-order valence-corrected chi connectivity index (χ2v) is 6.99. The number of hydrazine groups is 1. The third-order valence-corrected chi connectivity index (χ3v) is 4.65. The van der Waals surface area contributed by atoms with E-state index < -0.39 is 0 Å². The van der Waals surface area contributed by atoms with Gasteiger partial charge in [-0.25, -0.2) is 5.84 Å². The number of carbonyl (C=O) groups excluding carboxylic acids is 2. The Morgan fingerprint density at radius 3 is 2.54 bits per heavy atom. The van der Waals surface area contributed by atoms with E-state index in [0.717, 1.165) is 22.0 Å². The van der Waals surface area contributed by atoms with Gasteiger partial charge in [0.25, 0.3) is 0 Å². The molecule has 0 spiro atoms. The normalized spacial score (nSPS) is 12.5. The fraction of sp³-hybridized carbons (Fsp3) is 0.364. The number of benzene rings is 2. The predicted octanol–water partition coefficient (Wildman–Crippen LogP) is 3.64. The van der Waals surface area contributed by atoms with Gasteiger partial charge in [0.1, 0.15) is 12.4 Å². The first-order valence-electron chi connectivity index (χ1n) is 9.34. The van der Waals surface area contributed by atoms with Gasteiger partial charge in [0.05, 0.1) is 0 Å². The SMILES string of the molecule is CN(N)C=O.CNc1cccc(C)c1COc1ccc(C(C)=O)cc1C1CC1. The van der Waals surface area contributed by atoms with Crippen LogP contribution in [0.4, 0.5) is 5.69 Å². The first kappa shape index (κ1) is 21.4. The molecular formula is C22H29N3O3. The number of Topliss-reactive ketones (excluding diaryl/α,β-unsaturated/α-hetero) is 1. The summed E-state index contributed by atoms with van der Waals surface area (Å²) in [6.45, 7) is 4.24. The van der Waals surface area contributed by atoms with Gasteiger partial charge in [0.2, 0.25) is 6.41 Å². The molecule has 3 N–H and O–H groups in total. The summed E-state index contributed by atoms with van der Waals surface area (Å²) in [7, 11) is 3.39. The van der Waals surface area contributed by atoms with Crippen LogP contribution in [0.3, 0.4) is 0 Å². The van der Waals surface area contributed by atoms with Crippen LogP contribution in [0.2, 0.25) is 0 Å². The van der Waals surface area contributed by atoms with Gasteiger partial charge >= 0.3 is 0 Å². The van der Waals surface area contributed by atoms with Crippen molar-refractivity contribution in [1.82, 2.24) is 5.01 Å². The highest BCUT2D eigenvalue weighted by atomic mass is 16.5. The lowest BCUT2D eigenvalue weighted by molar-refractivity contribution is -0.117. The van der Waals surface area contributed by atoms with Crippen molar-refractivity contribution in [2.45, 2.75) is 39.2 Å². The van der Waals surface area contributed by atoms with Crippen LogP contribution < -0.4 is 15.9 Å². The molecule has 0 radical (unpaired) electrons. The first-order chi connectivity index (χ1) is 13.4. The minimum absolute atomic E-state index is 0.106. The minimum atomic E-state index is 0.106. The van der Waals surface area contributed by atoms with Gasteiger partial charge in [-0.05, 0) is 68.0 Å². The Hall–Kier alpha value is -2.86. The Bertz CT molecular complexity index is 830. The molecule has 28 heavy (non-hydrogen) atoms. The van der Waals surface area contributed by atoms with Crippen molar-refractivity contribution in [3.8, 4) is 5.75 Å². The van der Waals surface area contributed by atoms with Crippen molar-refractivity contribution in [2.24, 2.45) is 5.84 Å². The summed E-state index contributed by atoms with van der Waals surface area (Å²) in [4.78, 5) is 20.9. The van der Waals surface area contributed by atoms with Crippen molar-refractivity contribution in [2.75, 3.05) is 19.4 Å². The molecular weight excluding hydrogens is 354 g/mol. The van der Waals surface area contributed by atoms with Gasteiger partial charge in [-0.2, -0.15) is 0 Å². The van der Waals surface area contributed by atoms with Gasteiger partial charge < -0.3 is 10.1 Å². The summed E-state index contributed by atoms with van der Waals surface area (Å²) in [5, 5.41) is 4.17. The highest BCUT2D eigenvalue weighted by Gasteiger charge is 2.27. The Kier molecular flexibility index (Phi) is 7.58. The third-order valence-electron chi connectivity index (χ3n) is 4.65. The lowest BCUT2D eigenvalue weighted by Crippen LogP contribution is -2.23. The molecule has 1 fully saturated rings. The summed E-state index contributed by atoms with van der Waals surface area (Å²) in [6.07, 6.45) is 2.90. The van der Waals surface area contributed by atoms with Crippen molar-refractivity contribution >= 4 is 17.9 Å². The van der Waals surface area contributed by atoms with E-state index in [1.165, 1.54) is 36.6 Å². The lowest BCUT2D eigenvalue weighted by atomic mass is 10.0. The van der Waals surface area contributed by atoms with Crippen molar-refractivity contribution in [1.29, 1.82) is 0 Å². The van der Waals surface area contributed by atoms with Crippen molar-refractivity contribution in [3.63, 3.8) is 0 Å². The Morgan fingerprint density at radius 2 is 2.00 bits per heavy atom. The summed E-state index contributed by atoms with van der Waals surface area (Å²) in [6, 6.07) is 12.0.